The SMILES string of the molecule is Cc1cc2cccnc2c(N2CCCN(C(c3ccccc3)c3ccn[nH]3)CC2)c1OCC(=O)N1CC(C(=O)O)C1. The predicted octanol–water partition coefficient (Wildman–Crippen LogP) is 3.49. The summed E-state index contributed by atoms with van der Waals surface area (Å²) in [6.07, 6.45) is 4.52. The summed E-state index contributed by atoms with van der Waals surface area (Å²) in [4.78, 5) is 35.1. The molecule has 2 aliphatic rings. The van der Waals surface area contributed by atoms with Gasteiger partial charge in [0.25, 0.3) is 5.91 Å². The molecule has 10 nitrogen and oxygen atoms in total. The van der Waals surface area contributed by atoms with E-state index in [1.165, 1.54) is 10.5 Å². The van der Waals surface area contributed by atoms with Crippen molar-refractivity contribution in [2.24, 2.45) is 5.92 Å². The lowest BCUT2D eigenvalue weighted by molar-refractivity contribution is -0.153. The highest BCUT2D eigenvalue weighted by atomic mass is 16.5. The van der Waals surface area contributed by atoms with Crippen molar-refractivity contribution in [2.75, 3.05) is 50.8 Å². The number of nitrogens with zero attached hydrogens (tertiary/aromatic N) is 5. The highest BCUT2D eigenvalue weighted by Crippen LogP contribution is 2.40. The monoisotopic (exact) mass is 554 g/mol. The summed E-state index contributed by atoms with van der Waals surface area (Å²) in [5.74, 6) is -0.920. The molecule has 6 rings (SSSR count). The number of amides is 1. The van der Waals surface area contributed by atoms with E-state index in [0.29, 0.717) is 5.75 Å². The number of aliphatic carboxylic acids is 1. The van der Waals surface area contributed by atoms with Gasteiger partial charge in [0.15, 0.2) is 6.61 Å². The van der Waals surface area contributed by atoms with Crippen molar-refractivity contribution < 1.29 is 19.4 Å². The number of nitrogens with one attached hydrogen (secondary N) is 1. The number of hydrogen-bond donors (Lipinski definition) is 2. The highest BCUT2D eigenvalue weighted by molar-refractivity contribution is 5.96. The molecule has 0 bridgehead atoms. The zero-order valence-electron chi connectivity index (χ0n) is 23.1. The average molecular weight is 555 g/mol. The van der Waals surface area contributed by atoms with Crippen molar-refractivity contribution in [2.45, 2.75) is 19.4 Å². The van der Waals surface area contributed by atoms with Crippen LogP contribution in [0.15, 0.2) is 67.0 Å². The molecule has 2 saturated heterocycles. The fourth-order valence-corrected chi connectivity index (χ4v) is 5.92. The number of carbonyl (C=O) groups excluding carboxylic acids is 1. The maximum atomic E-state index is 12.8. The van der Waals surface area contributed by atoms with Crippen LogP contribution < -0.4 is 9.64 Å². The molecular formula is C31H34N6O4. The Morgan fingerprint density at radius 2 is 1.88 bits per heavy atom. The first-order valence-electron chi connectivity index (χ1n) is 14.0. The zero-order chi connectivity index (χ0) is 28.3. The summed E-state index contributed by atoms with van der Waals surface area (Å²) in [6, 6.07) is 18.6. The molecule has 2 aromatic heterocycles. The van der Waals surface area contributed by atoms with Crippen LogP contribution in [0.5, 0.6) is 5.75 Å². The van der Waals surface area contributed by atoms with Crippen LogP contribution in [0.1, 0.15) is 29.3 Å². The molecular weight excluding hydrogens is 520 g/mol. The summed E-state index contributed by atoms with van der Waals surface area (Å²) in [5, 5.41) is 17.6. The number of aryl methyl sites for hydroxylation is 1. The quantitative estimate of drug-likeness (QED) is 0.340. The Bertz CT molecular complexity index is 1520. The Balaban J connectivity index is 1.26. The maximum absolute atomic E-state index is 12.8. The first-order valence-corrected chi connectivity index (χ1v) is 14.0. The summed E-state index contributed by atoms with van der Waals surface area (Å²) in [6.45, 7) is 5.58. The fourth-order valence-electron chi connectivity index (χ4n) is 5.92. The number of fused-ring (bicyclic) bond motifs is 1. The van der Waals surface area contributed by atoms with Crippen molar-refractivity contribution in [3.05, 3.63) is 83.8 Å². The normalized spacial score (nSPS) is 17.2. The Kier molecular flexibility index (Phi) is 7.56. The molecule has 4 heterocycles. The lowest BCUT2D eigenvalue weighted by atomic mass is 10.0. The minimum Gasteiger partial charge on any atom is -0.481 e. The molecule has 1 atom stereocenters. The van der Waals surface area contributed by atoms with Crippen molar-refractivity contribution in [1.29, 1.82) is 0 Å². The van der Waals surface area contributed by atoms with Gasteiger partial charge in [0.05, 0.1) is 23.2 Å². The number of ether oxygens (including phenoxy) is 1. The zero-order valence-corrected chi connectivity index (χ0v) is 23.1. The molecule has 2 aromatic carbocycles. The van der Waals surface area contributed by atoms with Gasteiger partial charge in [-0.25, -0.2) is 0 Å². The molecule has 0 spiro atoms. The number of aromatic nitrogens is 3. The second kappa shape index (κ2) is 11.6. The van der Waals surface area contributed by atoms with Crippen molar-refractivity contribution >= 4 is 28.5 Å². The molecule has 4 aromatic rings. The van der Waals surface area contributed by atoms with Gasteiger partial charge in [-0.3, -0.25) is 24.6 Å². The lowest BCUT2D eigenvalue weighted by Crippen LogP contribution is -2.54. The van der Waals surface area contributed by atoms with Crippen molar-refractivity contribution in [1.82, 2.24) is 25.0 Å². The van der Waals surface area contributed by atoms with Gasteiger partial charge >= 0.3 is 5.97 Å². The molecule has 2 aliphatic heterocycles. The summed E-state index contributed by atoms with van der Waals surface area (Å²) in [5.41, 5.74) is 4.95. The third-order valence-corrected chi connectivity index (χ3v) is 8.08. The summed E-state index contributed by atoms with van der Waals surface area (Å²) >= 11 is 0. The highest BCUT2D eigenvalue weighted by Gasteiger charge is 2.36. The first kappa shape index (κ1) is 26.8. The van der Waals surface area contributed by atoms with Gasteiger partial charge in [-0.1, -0.05) is 36.4 Å². The largest absolute Gasteiger partial charge is 0.481 e. The van der Waals surface area contributed by atoms with E-state index in [9.17, 15) is 9.59 Å². The van der Waals surface area contributed by atoms with Crippen LogP contribution in [0, 0.1) is 12.8 Å². The fraction of sp³-hybridized carbons (Fsp3) is 0.355. The summed E-state index contributed by atoms with van der Waals surface area (Å²) in [7, 11) is 0. The van der Waals surface area contributed by atoms with E-state index < -0.39 is 11.9 Å². The van der Waals surface area contributed by atoms with E-state index in [-0.39, 0.29) is 31.6 Å². The van der Waals surface area contributed by atoms with Gasteiger partial charge in [-0.05, 0) is 42.7 Å². The molecule has 41 heavy (non-hydrogen) atoms. The number of carboxylic acid groups (broad SMARTS) is 1. The minimum absolute atomic E-state index is 0.0607. The number of aromatic amines is 1. The Labute approximate surface area is 238 Å². The standard InChI is InChI=1S/C31H34N6O4/c1-21-17-23-9-5-11-32-27(23)29(30(21)41-20-26(38)37-18-24(19-37)31(39)40)36-14-6-13-35(15-16-36)28(25-10-12-33-34-25)22-7-3-2-4-8-22/h2-5,7-12,17,24,28H,6,13-16,18-20H2,1H3,(H,33,34)(H,39,40). The predicted molar refractivity (Wildman–Crippen MR) is 155 cm³/mol. The van der Waals surface area contributed by atoms with E-state index in [2.05, 4.69) is 44.3 Å². The molecule has 1 unspecified atom stereocenters. The Morgan fingerprint density at radius 3 is 2.63 bits per heavy atom. The van der Waals surface area contributed by atoms with Crippen LogP contribution in [0.25, 0.3) is 10.9 Å². The minimum atomic E-state index is -0.869. The molecule has 0 saturated carbocycles. The van der Waals surface area contributed by atoms with Gasteiger partial charge in [-0.15, -0.1) is 0 Å². The Hall–Kier alpha value is -4.44. The molecule has 10 heteroatoms. The maximum Gasteiger partial charge on any atom is 0.310 e. The van der Waals surface area contributed by atoms with E-state index in [1.54, 1.807) is 12.4 Å². The molecule has 2 N–H and O–H groups in total. The van der Waals surface area contributed by atoms with Crippen LogP contribution >= 0.6 is 0 Å². The third kappa shape index (κ3) is 5.47. The van der Waals surface area contributed by atoms with E-state index in [0.717, 1.165) is 60.4 Å². The summed E-state index contributed by atoms with van der Waals surface area (Å²) < 4.78 is 6.24. The van der Waals surface area contributed by atoms with Gasteiger partial charge in [0, 0.05) is 57.0 Å². The number of H-pyrrole nitrogens is 1. The van der Waals surface area contributed by atoms with E-state index >= 15 is 0 Å². The van der Waals surface area contributed by atoms with Gasteiger partial charge in [0.2, 0.25) is 0 Å². The number of carboxylic acids is 1. The molecule has 0 aliphatic carbocycles. The van der Waals surface area contributed by atoms with Gasteiger partial charge in [0.1, 0.15) is 11.4 Å². The van der Waals surface area contributed by atoms with Crippen LogP contribution in [0.4, 0.5) is 5.69 Å². The number of pyridine rings is 1. The number of anilines is 1. The third-order valence-electron chi connectivity index (χ3n) is 8.08. The molecule has 1 amide bonds. The first-order chi connectivity index (χ1) is 20.0. The van der Waals surface area contributed by atoms with Crippen LogP contribution in [0.2, 0.25) is 0 Å². The van der Waals surface area contributed by atoms with Crippen molar-refractivity contribution in [3.8, 4) is 5.75 Å². The van der Waals surface area contributed by atoms with Gasteiger partial charge < -0.3 is 19.6 Å². The van der Waals surface area contributed by atoms with Crippen LogP contribution in [-0.2, 0) is 9.59 Å². The van der Waals surface area contributed by atoms with E-state index in [1.807, 2.05) is 37.3 Å². The molecule has 0 radical (unpaired) electrons. The molecule has 212 valence electrons. The average Bonchev–Trinajstić information content (AvgIpc) is 3.36. The van der Waals surface area contributed by atoms with E-state index in [4.69, 9.17) is 14.8 Å². The Morgan fingerprint density at radius 1 is 1.05 bits per heavy atom. The smallest absolute Gasteiger partial charge is 0.310 e. The number of benzene rings is 2. The van der Waals surface area contributed by atoms with Crippen LogP contribution in [0.3, 0.4) is 0 Å². The van der Waals surface area contributed by atoms with Crippen LogP contribution in [-0.4, -0.2) is 87.8 Å². The molecule has 2 fully saturated rings. The number of rotatable bonds is 8. The van der Waals surface area contributed by atoms with Gasteiger partial charge in [-0.2, -0.15) is 5.10 Å². The number of likely N-dealkylation sites (tertiary alicyclic amines) is 1. The second-order valence-electron chi connectivity index (χ2n) is 10.8. The van der Waals surface area contributed by atoms with Crippen molar-refractivity contribution in [3.63, 3.8) is 0 Å². The number of hydrogen-bond acceptors (Lipinski definition) is 7. The lowest BCUT2D eigenvalue weighted by Gasteiger charge is -2.36. The number of carbonyl (C=O) groups is 2. The topological polar surface area (TPSA) is 115 Å². The second-order valence-corrected chi connectivity index (χ2v) is 10.8.